The van der Waals surface area contributed by atoms with Crippen LogP contribution in [0.2, 0.25) is 0 Å². The van der Waals surface area contributed by atoms with E-state index in [0.29, 0.717) is 19.3 Å². The molecule has 0 aromatic carbocycles. The molecule has 0 aliphatic carbocycles. The topological polar surface area (TPSA) is 231 Å². The zero-order chi connectivity index (χ0) is 80.8. The summed E-state index contributed by atoms with van der Waals surface area (Å²) >= 11 is 0. The van der Waals surface area contributed by atoms with Gasteiger partial charge in [-0.3, -0.25) is 32.5 Å². The second-order valence-electron chi connectivity index (χ2n) is 29.7. The van der Waals surface area contributed by atoms with Crippen LogP contribution in [0.3, 0.4) is 0 Å². The van der Waals surface area contributed by atoms with Gasteiger partial charge in [0.2, 0.25) is 0 Å². The van der Waals surface area contributed by atoms with E-state index < -0.39 is 91.5 Å². The first-order chi connectivity index (χ1) is 54.2. The fourth-order valence-electron chi connectivity index (χ4n) is 12.1. The first kappa shape index (κ1) is 107. The SMILES string of the molecule is CC/C=C\C/C=C\C/C=C\C/C=C\C/C=C\CCCCCCCCCCCCCCCC(=O)OCC(COP(=O)(O)OCC(O)COP(=O)(O)OCC(O)COC(=O)CCCCCCCCCCCCCCCCC/C=C\C/C=C\C/C=C\C/C=C\CCCCC)OC(=O)CCCCCCC/C=C\C/C=C\CCCCC. The average Bonchev–Trinajstić information content (AvgIpc) is 0.971. The molecule has 0 radical (unpaired) electrons. The molecule has 0 aliphatic heterocycles. The lowest BCUT2D eigenvalue weighted by Crippen LogP contribution is -2.30. The van der Waals surface area contributed by atoms with Crippen molar-refractivity contribution in [2.45, 2.75) is 399 Å². The van der Waals surface area contributed by atoms with Gasteiger partial charge in [-0.2, -0.15) is 0 Å². The second-order valence-corrected chi connectivity index (χ2v) is 32.6. The monoisotopic (exact) mass is 1600 g/mol. The molecule has 18 heteroatoms. The van der Waals surface area contributed by atoms with Gasteiger partial charge < -0.3 is 34.2 Å². The van der Waals surface area contributed by atoms with Crippen molar-refractivity contribution in [2.75, 3.05) is 39.6 Å². The largest absolute Gasteiger partial charge is 0.472 e. The predicted octanol–water partition coefficient (Wildman–Crippen LogP) is 27.0. The van der Waals surface area contributed by atoms with Gasteiger partial charge in [0.05, 0.1) is 26.4 Å². The highest BCUT2D eigenvalue weighted by molar-refractivity contribution is 7.47. The van der Waals surface area contributed by atoms with Crippen LogP contribution in [-0.4, -0.2) is 95.9 Å². The molecule has 0 aromatic heterocycles. The van der Waals surface area contributed by atoms with Crippen LogP contribution in [0.5, 0.6) is 0 Å². The average molecular weight is 1600 g/mol. The Morgan fingerprint density at radius 3 is 0.757 bits per heavy atom. The molecule has 111 heavy (non-hydrogen) atoms. The molecule has 0 rings (SSSR count). The number of phosphoric acid groups is 2. The number of allylic oxidation sites excluding steroid dienone is 22. The van der Waals surface area contributed by atoms with Crippen LogP contribution in [-0.2, 0) is 55.8 Å². The summed E-state index contributed by atoms with van der Waals surface area (Å²) in [5, 5.41) is 20.7. The summed E-state index contributed by atoms with van der Waals surface area (Å²) in [7, 11) is -9.80. The van der Waals surface area contributed by atoms with E-state index in [-0.39, 0.29) is 19.3 Å². The van der Waals surface area contributed by atoms with Crippen LogP contribution < -0.4 is 0 Å². The van der Waals surface area contributed by atoms with Crippen molar-refractivity contribution in [3.8, 4) is 0 Å². The fraction of sp³-hybridized carbons (Fsp3) is 0.731. The first-order valence-corrected chi connectivity index (χ1v) is 47.5. The summed E-state index contributed by atoms with van der Waals surface area (Å²) in [6.07, 6.45) is 105. The number of hydrogen-bond donors (Lipinski definition) is 4. The number of carbonyl (C=O) groups is 3. The number of rotatable bonds is 84. The number of aliphatic hydroxyl groups is 2. The second kappa shape index (κ2) is 85.1. The van der Waals surface area contributed by atoms with Gasteiger partial charge in [-0.1, -0.05) is 353 Å². The Hall–Kier alpha value is -4.31. The lowest BCUT2D eigenvalue weighted by Gasteiger charge is -2.21. The van der Waals surface area contributed by atoms with Gasteiger partial charge in [0.1, 0.15) is 25.4 Å². The number of hydrogen-bond acceptors (Lipinski definition) is 14. The van der Waals surface area contributed by atoms with Crippen molar-refractivity contribution in [2.24, 2.45) is 0 Å². The van der Waals surface area contributed by atoms with Gasteiger partial charge in [0, 0.05) is 19.3 Å². The van der Waals surface area contributed by atoms with Crippen molar-refractivity contribution >= 4 is 33.6 Å². The summed E-state index contributed by atoms with van der Waals surface area (Å²) in [6, 6.07) is 0. The van der Waals surface area contributed by atoms with Crippen molar-refractivity contribution in [1.29, 1.82) is 0 Å². The fourth-order valence-corrected chi connectivity index (χ4v) is 13.7. The molecule has 0 fully saturated rings. The highest BCUT2D eigenvalue weighted by Crippen LogP contribution is 2.45. The van der Waals surface area contributed by atoms with Crippen LogP contribution in [0.25, 0.3) is 0 Å². The van der Waals surface area contributed by atoms with Crippen molar-refractivity contribution in [3.05, 3.63) is 134 Å². The van der Waals surface area contributed by atoms with Crippen LogP contribution in [0.15, 0.2) is 134 Å². The number of phosphoric ester groups is 2. The Balaban J connectivity index is 4.48. The molecule has 0 heterocycles. The third kappa shape index (κ3) is 86.4. The van der Waals surface area contributed by atoms with E-state index in [2.05, 4.69) is 154 Å². The van der Waals surface area contributed by atoms with Crippen LogP contribution in [0.1, 0.15) is 380 Å². The Labute approximate surface area is 677 Å². The maximum Gasteiger partial charge on any atom is 0.472 e. The summed E-state index contributed by atoms with van der Waals surface area (Å²) in [5.74, 6) is -1.58. The molecule has 16 nitrogen and oxygen atoms in total. The normalized spacial score (nSPS) is 14.5. The highest BCUT2D eigenvalue weighted by atomic mass is 31.2. The molecule has 0 saturated heterocycles. The van der Waals surface area contributed by atoms with E-state index in [1.807, 2.05) is 0 Å². The van der Waals surface area contributed by atoms with Gasteiger partial charge in [-0.25, -0.2) is 9.13 Å². The Bertz CT molecular complexity index is 2550. The van der Waals surface area contributed by atoms with Gasteiger partial charge in [-0.15, -0.1) is 0 Å². The van der Waals surface area contributed by atoms with Gasteiger partial charge >= 0.3 is 33.6 Å². The summed E-state index contributed by atoms with van der Waals surface area (Å²) < 4.78 is 61.3. The number of unbranched alkanes of at least 4 members (excludes halogenated alkanes) is 39. The van der Waals surface area contributed by atoms with Crippen molar-refractivity contribution < 1.29 is 75.8 Å². The minimum absolute atomic E-state index is 0.0875. The maximum atomic E-state index is 13.0. The number of aliphatic hydroxyl groups excluding tert-OH is 2. The van der Waals surface area contributed by atoms with Crippen LogP contribution in [0.4, 0.5) is 0 Å². The molecular formula is C93H162O16P2. The molecule has 0 amide bonds. The van der Waals surface area contributed by atoms with Gasteiger partial charge in [0.15, 0.2) is 6.10 Å². The molecule has 0 aliphatic rings. The lowest BCUT2D eigenvalue weighted by atomic mass is 10.0. The summed E-state index contributed by atoms with van der Waals surface area (Å²) in [6.45, 7) is 2.54. The number of carbonyl (C=O) groups excluding carboxylic acids is 3. The molecule has 5 atom stereocenters. The van der Waals surface area contributed by atoms with E-state index in [1.54, 1.807) is 0 Å². The molecular weight excluding hydrogens is 1430 g/mol. The lowest BCUT2D eigenvalue weighted by molar-refractivity contribution is -0.161. The quantitative estimate of drug-likeness (QED) is 0.0146. The number of ether oxygens (including phenoxy) is 3. The van der Waals surface area contributed by atoms with Gasteiger partial charge in [0.25, 0.3) is 0 Å². The Morgan fingerprint density at radius 2 is 0.477 bits per heavy atom. The molecule has 0 bridgehead atoms. The molecule has 640 valence electrons. The summed E-state index contributed by atoms with van der Waals surface area (Å²) in [5.41, 5.74) is 0. The standard InChI is InChI=1S/C93H162O16P2/c1-4-7-10-13-16-19-22-25-28-30-32-34-36-38-40-42-43-45-47-48-50-52-54-56-59-61-64-67-70-73-76-79-91(96)103-82-88(94)83-105-110(99,100)106-84-89(95)85-107-111(101,102)108-87-90(109-93(98)81-78-75-72-69-66-63-58-27-24-21-18-15-12-9-6-3)86-104-92(97)80-77-74-71-68-65-62-60-57-55-53-51-49-46-44-41-39-37-35-33-31-29-26-23-20-17-14-11-8-5-2/h8,11,16-21,25-29,32-35,38-41,58,88-90,94-95H,4-7,9-10,12-15,22-24,30-31,36-37,42-57,59-87H2,1-3H3,(H,99,100)(H,101,102)/b11-8-,19-16-,20-17-,21-18-,28-25-,29-26-,34-32-,35-33-,40-38-,41-39-,58-27-. The number of esters is 3. The summed E-state index contributed by atoms with van der Waals surface area (Å²) in [4.78, 5) is 58.8. The Kier molecular flexibility index (Phi) is 81.8. The molecule has 5 unspecified atom stereocenters. The maximum absolute atomic E-state index is 13.0. The minimum atomic E-state index is -4.94. The van der Waals surface area contributed by atoms with E-state index in [4.69, 9.17) is 32.3 Å². The molecule has 0 saturated carbocycles. The third-order valence-electron chi connectivity index (χ3n) is 18.8. The molecule has 4 N–H and O–H groups in total. The van der Waals surface area contributed by atoms with Crippen molar-refractivity contribution in [1.82, 2.24) is 0 Å². The molecule has 0 aromatic rings. The van der Waals surface area contributed by atoms with E-state index in [1.165, 1.54) is 173 Å². The zero-order valence-electron chi connectivity index (χ0n) is 70.4. The molecule has 0 spiro atoms. The van der Waals surface area contributed by atoms with Crippen LogP contribution in [0, 0.1) is 0 Å². The third-order valence-corrected chi connectivity index (χ3v) is 20.7. The first-order valence-electron chi connectivity index (χ1n) is 44.5. The minimum Gasteiger partial charge on any atom is -0.463 e. The zero-order valence-corrected chi connectivity index (χ0v) is 72.1. The van der Waals surface area contributed by atoms with E-state index >= 15 is 0 Å². The van der Waals surface area contributed by atoms with Gasteiger partial charge in [-0.05, 0) is 141 Å². The predicted molar refractivity (Wildman–Crippen MR) is 463 cm³/mol. The Morgan fingerprint density at radius 1 is 0.261 bits per heavy atom. The highest BCUT2D eigenvalue weighted by Gasteiger charge is 2.29. The van der Waals surface area contributed by atoms with E-state index in [9.17, 15) is 43.5 Å². The van der Waals surface area contributed by atoms with Crippen LogP contribution >= 0.6 is 15.6 Å². The smallest absolute Gasteiger partial charge is 0.463 e. The van der Waals surface area contributed by atoms with Crippen molar-refractivity contribution in [3.63, 3.8) is 0 Å². The van der Waals surface area contributed by atoms with E-state index in [0.717, 1.165) is 148 Å².